The van der Waals surface area contributed by atoms with Gasteiger partial charge in [-0.05, 0) is 67.1 Å². The standard InChI is InChI=1S/C25H32FN3O/c1-6-7-22(25(30)27-15-16(2)3)29-23-13-18(5)17(4)12-21(23)28-24(29)14-19-8-10-20(26)11-9-19/h8-13,16,22H,6-7,14-15H2,1-5H3,(H,27,30)/t22-/m1/s1. The molecule has 1 amide bonds. The summed E-state index contributed by atoms with van der Waals surface area (Å²) in [5.74, 6) is 0.998. The molecule has 5 heteroatoms. The van der Waals surface area contributed by atoms with Crippen molar-refractivity contribution < 1.29 is 9.18 Å². The molecule has 30 heavy (non-hydrogen) atoms. The van der Waals surface area contributed by atoms with Crippen LogP contribution in [0.2, 0.25) is 0 Å². The first-order valence-corrected chi connectivity index (χ1v) is 10.8. The minimum atomic E-state index is -0.323. The van der Waals surface area contributed by atoms with Crippen LogP contribution in [-0.2, 0) is 11.2 Å². The fraction of sp³-hybridized carbons (Fsp3) is 0.440. The fourth-order valence-electron chi connectivity index (χ4n) is 3.73. The van der Waals surface area contributed by atoms with Gasteiger partial charge in [-0.3, -0.25) is 4.79 Å². The number of hydrogen-bond donors (Lipinski definition) is 1. The zero-order chi connectivity index (χ0) is 21.8. The summed E-state index contributed by atoms with van der Waals surface area (Å²) in [6.45, 7) is 11.1. The van der Waals surface area contributed by atoms with Crippen LogP contribution >= 0.6 is 0 Å². The zero-order valence-corrected chi connectivity index (χ0v) is 18.6. The molecule has 3 aromatic rings. The lowest BCUT2D eigenvalue weighted by atomic mass is 10.1. The maximum absolute atomic E-state index is 13.4. The van der Waals surface area contributed by atoms with Crippen molar-refractivity contribution in [3.63, 3.8) is 0 Å². The van der Waals surface area contributed by atoms with Crippen LogP contribution in [0.25, 0.3) is 11.0 Å². The lowest BCUT2D eigenvalue weighted by Crippen LogP contribution is -2.35. The maximum atomic E-state index is 13.4. The Morgan fingerprint density at radius 3 is 2.43 bits per heavy atom. The summed E-state index contributed by atoms with van der Waals surface area (Å²) in [7, 11) is 0. The van der Waals surface area contributed by atoms with Crippen LogP contribution in [0.3, 0.4) is 0 Å². The molecule has 1 N–H and O–H groups in total. The summed E-state index contributed by atoms with van der Waals surface area (Å²) >= 11 is 0. The molecule has 1 atom stereocenters. The van der Waals surface area contributed by atoms with E-state index in [1.807, 2.05) is 0 Å². The highest BCUT2D eigenvalue weighted by Gasteiger charge is 2.25. The number of benzene rings is 2. The van der Waals surface area contributed by atoms with E-state index in [1.165, 1.54) is 23.3 Å². The number of nitrogens with zero attached hydrogens (tertiary/aromatic N) is 2. The number of aryl methyl sites for hydroxylation is 2. The third-order valence-corrected chi connectivity index (χ3v) is 5.51. The average Bonchev–Trinajstić information content (AvgIpc) is 3.02. The molecule has 0 radical (unpaired) electrons. The monoisotopic (exact) mass is 409 g/mol. The Morgan fingerprint density at radius 1 is 1.13 bits per heavy atom. The highest BCUT2D eigenvalue weighted by Crippen LogP contribution is 2.28. The number of halogens is 1. The molecule has 0 bridgehead atoms. The van der Waals surface area contributed by atoms with E-state index in [4.69, 9.17) is 4.98 Å². The smallest absolute Gasteiger partial charge is 0.243 e. The molecule has 3 rings (SSSR count). The number of rotatable bonds is 8. The molecule has 0 spiro atoms. The molecule has 0 aliphatic heterocycles. The highest BCUT2D eigenvalue weighted by molar-refractivity contribution is 5.85. The van der Waals surface area contributed by atoms with Crippen molar-refractivity contribution >= 4 is 16.9 Å². The first kappa shape index (κ1) is 22.0. The molecule has 1 aromatic heterocycles. The van der Waals surface area contributed by atoms with Gasteiger partial charge in [0, 0.05) is 13.0 Å². The number of carbonyl (C=O) groups excluding carboxylic acids is 1. The molecule has 0 aliphatic carbocycles. The summed E-state index contributed by atoms with van der Waals surface area (Å²) in [5.41, 5.74) is 5.20. The Labute approximate surface area is 178 Å². The van der Waals surface area contributed by atoms with Crippen LogP contribution in [-0.4, -0.2) is 22.0 Å². The summed E-state index contributed by atoms with van der Waals surface area (Å²) in [6, 6.07) is 10.4. The molecular weight excluding hydrogens is 377 g/mol. The second-order valence-electron chi connectivity index (χ2n) is 8.57. The second-order valence-corrected chi connectivity index (χ2v) is 8.57. The third kappa shape index (κ3) is 4.89. The molecule has 1 heterocycles. The number of carbonyl (C=O) groups is 1. The topological polar surface area (TPSA) is 46.9 Å². The van der Waals surface area contributed by atoms with Crippen LogP contribution in [0.4, 0.5) is 4.39 Å². The Bertz CT molecular complexity index is 1020. The van der Waals surface area contributed by atoms with Crippen molar-refractivity contribution in [2.75, 3.05) is 6.54 Å². The third-order valence-electron chi connectivity index (χ3n) is 5.51. The van der Waals surface area contributed by atoms with E-state index >= 15 is 0 Å². The highest BCUT2D eigenvalue weighted by atomic mass is 19.1. The molecule has 0 aliphatic rings. The fourth-order valence-corrected chi connectivity index (χ4v) is 3.73. The predicted octanol–water partition coefficient (Wildman–Crippen LogP) is 5.50. The van der Waals surface area contributed by atoms with Crippen molar-refractivity contribution in [2.45, 2.75) is 59.9 Å². The van der Waals surface area contributed by atoms with Crippen LogP contribution in [0.1, 0.15) is 62.2 Å². The Hall–Kier alpha value is -2.69. The van der Waals surface area contributed by atoms with E-state index < -0.39 is 0 Å². The molecule has 4 nitrogen and oxygen atoms in total. The first-order chi connectivity index (χ1) is 14.3. The summed E-state index contributed by atoms with van der Waals surface area (Å²) < 4.78 is 15.5. The van der Waals surface area contributed by atoms with Gasteiger partial charge in [0.1, 0.15) is 17.7 Å². The van der Waals surface area contributed by atoms with Crippen molar-refractivity contribution in [3.8, 4) is 0 Å². The van der Waals surface area contributed by atoms with E-state index in [0.29, 0.717) is 18.9 Å². The van der Waals surface area contributed by atoms with Crippen molar-refractivity contribution in [1.82, 2.24) is 14.9 Å². The second kappa shape index (κ2) is 9.41. The molecule has 2 aromatic carbocycles. The van der Waals surface area contributed by atoms with Gasteiger partial charge >= 0.3 is 0 Å². The van der Waals surface area contributed by atoms with E-state index in [2.05, 4.69) is 56.6 Å². The van der Waals surface area contributed by atoms with Crippen LogP contribution < -0.4 is 5.32 Å². The molecule has 0 fully saturated rings. The van der Waals surface area contributed by atoms with Gasteiger partial charge < -0.3 is 9.88 Å². The summed E-state index contributed by atoms with van der Waals surface area (Å²) in [5, 5.41) is 3.11. The van der Waals surface area contributed by atoms with Gasteiger partial charge in [-0.25, -0.2) is 9.37 Å². The van der Waals surface area contributed by atoms with E-state index in [-0.39, 0.29) is 17.8 Å². The minimum Gasteiger partial charge on any atom is -0.354 e. The zero-order valence-electron chi connectivity index (χ0n) is 18.6. The van der Waals surface area contributed by atoms with Crippen molar-refractivity contribution in [3.05, 3.63) is 64.7 Å². The van der Waals surface area contributed by atoms with Crippen LogP contribution in [0.15, 0.2) is 36.4 Å². The van der Waals surface area contributed by atoms with Gasteiger partial charge in [-0.2, -0.15) is 0 Å². The lowest BCUT2D eigenvalue weighted by Gasteiger charge is -2.22. The van der Waals surface area contributed by atoms with E-state index in [9.17, 15) is 9.18 Å². The van der Waals surface area contributed by atoms with E-state index in [0.717, 1.165) is 35.3 Å². The number of fused-ring (bicyclic) bond motifs is 1. The quantitative estimate of drug-likeness (QED) is 0.534. The summed E-state index contributed by atoms with van der Waals surface area (Å²) in [4.78, 5) is 18.1. The van der Waals surface area contributed by atoms with E-state index in [1.54, 1.807) is 12.1 Å². The molecule has 0 saturated carbocycles. The predicted molar refractivity (Wildman–Crippen MR) is 120 cm³/mol. The molecule has 160 valence electrons. The Morgan fingerprint density at radius 2 is 1.80 bits per heavy atom. The largest absolute Gasteiger partial charge is 0.354 e. The number of amides is 1. The van der Waals surface area contributed by atoms with Gasteiger partial charge in [-0.15, -0.1) is 0 Å². The van der Waals surface area contributed by atoms with Gasteiger partial charge in [0.25, 0.3) is 0 Å². The Kier molecular flexibility index (Phi) is 6.91. The van der Waals surface area contributed by atoms with Crippen molar-refractivity contribution in [1.29, 1.82) is 0 Å². The minimum absolute atomic E-state index is 0.0310. The number of nitrogens with one attached hydrogen (secondary N) is 1. The first-order valence-electron chi connectivity index (χ1n) is 10.8. The molecule has 0 unspecified atom stereocenters. The average molecular weight is 410 g/mol. The number of imidazole rings is 1. The SMILES string of the molecule is CCC[C@H](C(=O)NCC(C)C)n1c(Cc2ccc(F)cc2)nc2cc(C)c(C)cc21. The van der Waals surface area contributed by atoms with Crippen LogP contribution in [0.5, 0.6) is 0 Å². The van der Waals surface area contributed by atoms with Gasteiger partial charge in [0.15, 0.2) is 0 Å². The molecule has 0 saturated heterocycles. The maximum Gasteiger partial charge on any atom is 0.243 e. The van der Waals surface area contributed by atoms with Gasteiger partial charge in [0.2, 0.25) is 5.91 Å². The Balaban J connectivity index is 2.10. The van der Waals surface area contributed by atoms with Crippen molar-refractivity contribution in [2.24, 2.45) is 5.92 Å². The van der Waals surface area contributed by atoms with Gasteiger partial charge in [-0.1, -0.05) is 39.3 Å². The lowest BCUT2D eigenvalue weighted by molar-refractivity contribution is -0.124. The normalized spacial score (nSPS) is 12.5. The summed E-state index contributed by atoms with van der Waals surface area (Å²) in [6.07, 6.45) is 2.17. The number of aromatic nitrogens is 2. The van der Waals surface area contributed by atoms with Gasteiger partial charge in [0.05, 0.1) is 11.0 Å². The molecular formula is C25H32FN3O. The number of hydrogen-bond acceptors (Lipinski definition) is 2. The van der Waals surface area contributed by atoms with Crippen LogP contribution in [0, 0.1) is 25.6 Å².